The molecule has 0 radical (unpaired) electrons. The fraction of sp³-hybridized carbons (Fsp3) is 0.263. The highest BCUT2D eigenvalue weighted by atomic mass is 35.5. The van der Waals surface area contributed by atoms with Crippen molar-refractivity contribution in [1.29, 1.82) is 0 Å². The lowest BCUT2D eigenvalue weighted by Crippen LogP contribution is -2.21. The molecule has 0 saturated carbocycles. The monoisotopic (exact) mass is 376 g/mol. The number of hydrogen-bond acceptors (Lipinski definition) is 5. The molecule has 0 fully saturated rings. The second-order valence-electron chi connectivity index (χ2n) is 5.98. The van der Waals surface area contributed by atoms with Crippen molar-refractivity contribution in [2.75, 3.05) is 24.8 Å². The highest BCUT2D eigenvalue weighted by molar-refractivity contribution is 6.33. The highest BCUT2D eigenvalue weighted by Crippen LogP contribution is 2.29. The molecule has 1 amide bonds. The van der Waals surface area contributed by atoms with E-state index in [0.29, 0.717) is 11.6 Å². The van der Waals surface area contributed by atoms with Gasteiger partial charge in [0.05, 0.1) is 17.8 Å². The number of benzene rings is 2. The predicted octanol–water partition coefficient (Wildman–Crippen LogP) is 3.85. The number of amides is 1. The van der Waals surface area contributed by atoms with Crippen LogP contribution in [0.25, 0.3) is 0 Å². The maximum Gasteiger partial charge on any atom is 0.342 e. The number of methoxy groups -OCH3 is 1. The Hall–Kier alpha value is -2.73. The van der Waals surface area contributed by atoms with Crippen LogP contribution in [-0.2, 0) is 9.53 Å². The smallest absolute Gasteiger partial charge is 0.342 e. The molecule has 2 aromatic rings. The summed E-state index contributed by atoms with van der Waals surface area (Å²) in [7, 11) is 1.40. The van der Waals surface area contributed by atoms with Crippen LogP contribution < -0.4 is 15.8 Å². The molecule has 2 rings (SSSR count). The van der Waals surface area contributed by atoms with E-state index >= 15 is 0 Å². The quantitative estimate of drug-likeness (QED) is 0.590. The van der Waals surface area contributed by atoms with E-state index < -0.39 is 18.5 Å². The summed E-state index contributed by atoms with van der Waals surface area (Å²) >= 11 is 5.92. The molecule has 0 saturated heterocycles. The molecule has 2 aromatic carbocycles. The van der Waals surface area contributed by atoms with Gasteiger partial charge in [-0.25, -0.2) is 4.79 Å². The summed E-state index contributed by atoms with van der Waals surface area (Å²) in [6.07, 6.45) is 0. The number of carbonyl (C=O) groups excluding carboxylic acids is 2. The topological polar surface area (TPSA) is 90.7 Å². The Bertz CT molecular complexity index is 804. The molecule has 0 spiro atoms. The van der Waals surface area contributed by atoms with Gasteiger partial charge in [0, 0.05) is 11.8 Å². The minimum Gasteiger partial charge on any atom is -0.496 e. The first-order valence-electron chi connectivity index (χ1n) is 8.01. The normalized spacial score (nSPS) is 10.5. The molecule has 138 valence electrons. The van der Waals surface area contributed by atoms with Crippen molar-refractivity contribution in [1.82, 2.24) is 0 Å². The van der Waals surface area contributed by atoms with Gasteiger partial charge in [-0.1, -0.05) is 37.6 Å². The van der Waals surface area contributed by atoms with Gasteiger partial charge in [0.25, 0.3) is 5.91 Å². The molecule has 0 aliphatic carbocycles. The molecule has 0 aliphatic rings. The Morgan fingerprint density at radius 2 is 1.85 bits per heavy atom. The molecule has 6 nitrogen and oxygen atoms in total. The first kappa shape index (κ1) is 19.6. The van der Waals surface area contributed by atoms with E-state index in [4.69, 9.17) is 26.8 Å². The minimum atomic E-state index is -0.728. The maximum absolute atomic E-state index is 12.2. The molecular weight excluding hydrogens is 356 g/mol. The van der Waals surface area contributed by atoms with E-state index in [1.165, 1.54) is 24.8 Å². The van der Waals surface area contributed by atoms with Gasteiger partial charge in [-0.05, 0) is 29.7 Å². The highest BCUT2D eigenvalue weighted by Gasteiger charge is 2.17. The van der Waals surface area contributed by atoms with Gasteiger partial charge in [0.1, 0.15) is 11.3 Å². The van der Waals surface area contributed by atoms with E-state index in [2.05, 4.69) is 19.2 Å². The van der Waals surface area contributed by atoms with E-state index in [0.717, 1.165) is 0 Å². The van der Waals surface area contributed by atoms with Crippen LogP contribution in [0.1, 0.15) is 35.7 Å². The minimum absolute atomic E-state index is 0.0980. The van der Waals surface area contributed by atoms with Crippen LogP contribution in [0, 0.1) is 0 Å². The zero-order valence-electron chi connectivity index (χ0n) is 14.8. The number of halogens is 1. The molecule has 26 heavy (non-hydrogen) atoms. The molecule has 0 heterocycles. The Morgan fingerprint density at radius 3 is 2.42 bits per heavy atom. The molecule has 0 bridgehead atoms. The molecule has 0 aromatic heterocycles. The maximum atomic E-state index is 12.2. The Labute approximate surface area is 157 Å². The van der Waals surface area contributed by atoms with Crippen molar-refractivity contribution >= 4 is 34.9 Å². The molecule has 3 N–H and O–H groups in total. The van der Waals surface area contributed by atoms with E-state index in [1.807, 2.05) is 12.1 Å². The van der Waals surface area contributed by atoms with Crippen LogP contribution in [0.3, 0.4) is 0 Å². The standard InChI is InChI=1S/C19H21ClN2O4/c1-11(2)12-4-6-13(7-5-12)22-18(23)10-26-19(24)14-8-15(20)16(21)9-17(14)25-3/h4-9,11H,10,21H2,1-3H3,(H,22,23). The Morgan fingerprint density at radius 1 is 1.19 bits per heavy atom. The largest absolute Gasteiger partial charge is 0.496 e. The van der Waals surface area contributed by atoms with Crippen LogP contribution in [-0.4, -0.2) is 25.6 Å². The van der Waals surface area contributed by atoms with E-state index in [-0.39, 0.29) is 22.0 Å². The molecule has 0 aliphatic heterocycles. The second kappa shape index (κ2) is 8.58. The molecule has 0 atom stereocenters. The fourth-order valence-corrected chi connectivity index (χ4v) is 2.42. The summed E-state index contributed by atoms with van der Waals surface area (Å²) in [5, 5.41) is 2.87. The average molecular weight is 377 g/mol. The number of nitrogens with two attached hydrogens (primary N) is 1. The van der Waals surface area contributed by atoms with Crippen LogP contribution in [0.5, 0.6) is 5.75 Å². The van der Waals surface area contributed by atoms with Crippen LogP contribution in [0.2, 0.25) is 5.02 Å². The van der Waals surface area contributed by atoms with E-state index in [1.54, 1.807) is 12.1 Å². The summed E-state index contributed by atoms with van der Waals surface area (Å²) in [6, 6.07) is 10.3. The number of esters is 1. The average Bonchev–Trinajstić information content (AvgIpc) is 2.62. The number of nitrogen functional groups attached to an aromatic ring is 1. The number of carbonyl (C=O) groups is 2. The zero-order valence-corrected chi connectivity index (χ0v) is 15.6. The lowest BCUT2D eigenvalue weighted by atomic mass is 10.0. The summed E-state index contributed by atoms with van der Waals surface area (Å²) in [6.45, 7) is 3.74. The molecule has 0 unspecified atom stereocenters. The third-order valence-electron chi connectivity index (χ3n) is 3.73. The van der Waals surface area contributed by atoms with Crippen LogP contribution in [0.4, 0.5) is 11.4 Å². The van der Waals surface area contributed by atoms with Gasteiger partial charge >= 0.3 is 5.97 Å². The van der Waals surface area contributed by atoms with Gasteiger partial charge in [-0.3, -0.25) is 4.79 Å². The zero-order chi connectivity index (χ0) is 19.3. The first-order chi connectivity index (χ1) is 12.3. The molecule has 7 heteroatoms. The van der Waals surface area contributed by atoms with Crippen molar-refractivity contribution in [3.8, 4) is 5.75 Å². The van der Waals surface area contributed by atoms with Crippen molar-refractivity contribution in [3.63, 3.8) is 0 Å². The van der Waals surface area contributed by atoms with Crippen LogP contribution in [0.15, 0.2) is 36.4 Å². The van der Waals surface area contributed by atoms with Crippen molar-refractivity contribution in [2.45, 2.75) is 19.8 Å². The molecular formula is C19H21ClN2O4. The number of anilines is 2. The first-order valence-corrected chi connectivity index (χ1v) is 8.39. The summed E-state index contributed by atoms with van der Waals surface area (Å²) in [5.41, 5.74) is 7.85. The second-order valence-corrected chi connectivity index (χ2v) is 6.38. The Balaban J connectivity index is 1.96. The van der Waals surface area contributed by atoms with Crippen molar-refractivity contribution in [3.05, 3.63) is 52.5 Å². The SMILES string of the molecule is COc1cc(N)c(Cl)cc1C(=O)OCC(=O)Nc1ccc(C(C)C)cc1. The number of ether oxygens (including phenoxy) is 2. The summed E-state index contributed by atoms with van der Waals surface area (Å²) < 4.78 is 10.1. The number of nitrogens with one attached hydrogen (secondary N) is 1. The predicted molar refractivity (Wildman–Crippen MR) is 102 cm³/mol. The lowest BCUT2D eigenvalue weighted by Gasteiger charge is -2.11. The van der Waals surface area contributed by atoms with Crippen LogP contribution >= 0.6 is 11.6 Å². The van der Waals surface area contributed by atoms with Gasteiger partial charge in [0.15, 0.2) is 6.61 Å². The van der Waals surface area contributed by atoms with Gasteiger partial charge in [0.2, 0.25) is 0 Å². The summed E-state index contributed by atoms with van der Waals surface area (Å²) in [4.78, 5) is 24.2. The van der Waals surface area contributed by atoms with Crippen molar-refractivity contribution in [2.24, 2.45) is 0 Å². The van der Waals surface area contributed by atoms with E-state index in [9.17, 15) is 9.59 Å². The van der Waals surface area contributed by atoms with Gasteiger partial charge in [-0.15, -0.1) is 0 Å². The Kier molecular flexibility index (Phi) is 6.46. The van der Waals surface area contributed by atoms with Gasteiger partial charge in [-0.2, -0.15) is 0 Å². The number of rotatable bonds is 6. The number of hydrogen-bond donors (Lipinski definition) is 2. The van der Waals surface area contributed by atoms with Crippen molar-refractivity contribution < 1.29 is 19.1 Å². The summed E-state index contributed by atoms with van der Waals surface area (Å²) in [5.74, 6) is -0.547. The fourth-order valence-electron chi connectivity index (χ4n) is 2.25. The third kappa shape index (κ3) is 4.89. The third-order valence-corrected chi connectivity index (χ3v) is 4.06. The van der Waals surface area contributed by atoms with Gasteiger partial charge < -0.3 is 20.5 Å². The lowest BCUT2D eigenvalue weighted by molar-refractivity contribution is -0.119.